The molecule has 2 amide bonds. The Balaban J connectivity index is 1.55. The average molecular weight is 346 g/mol. The number of carbonyl (C=O) groups is 1. The summed E-state index contributed by atoms with van der Waals surface area (Å²) in [7, 11) is 0. The monoisotopic (exact) mass is 346 g/mol. The molecule has 0 aliphatic carbocycles. The van der Waals surface area contributed by atoms with Crippen molar-refractivity contribution >= 4 is 11.7 Å². The van der Waals surface area contributed by atoms with Gasteiger partial charge in [0.2, 0.25) is 0 Å². The first-order valence-electron chi connectivity index (χ1n) is 8.63. The van der Waals surface area contributed by atoms with E-state index in [1.807, 2.05) is 25.1 Å². The van der Waals surface area contributed by atoms with Crippen molar-refractivity contribution in [2.75, 3.05) is 25.0 Å². The van der Waals surface area contributed by atoms with Crippen LogP contribution in [0.4, 0.5) is 10.5 Å². The number of benzene rings is 1. The fraction of sp³-hybridized carbons (Fsp3) is 0.471. The van der Waals surface area contributed by atoms with Crippen molar-refractivity contribution in [2.45, 2.75) is 32.2 Å². The molecule has 136 valence electrons. The van der Waals surface area contributed by atoms with E-state index < -0.39 is 6.29 Å². The summed E-state index contributed by atoms with van der Waals surface area (Å²) < 4.78 is 0. The van der Waals surface area contributed by atoms with Crippen molar-refractivity contribution in [3.8, 4) is 0 Å². The number of aliphatic hydroxyl groups is 1. The van der Waals surface area contributed by atoms with Gasteiger partial charge in [-0.05, 0) is 49.2 Å². The summed E-state index contributed by atoms with van der Waals surface area (Å²) in [5, 5.41) is 27.4. The van der Waals surface area contributed by atoms with Crippen LogP contribution in [0.1, 0.15) is 18.1 Å². The summed E-state index contributed by atoms with van der Waals surface area (Å²) >= 11 is 0. The molecule has 2 atom stereocenters. The molecule has 0 fully saturated rings. The average Bonchev–Trinajstić information content (AvgIpc) is 2.59. The predicted molar refractivity (Wildman–Crippen MR) is 96.7 cm³/mol. The second-order valence-electron chi connectivity index (χ2n) is 6.27. The normalized spacial score (nSPS) is 22.2. The summed E-state index contributed by atoms with van der Waals surface area (Å²) in [6, 6.07) is 5.81. The molecule has 2 heterocycles. The third kappa shape index (κ3) is 4.85. The highest BCUT2D eigenvalue weighted by Gasteiger charge is 2.19. The van der Waals surface area contributed by atoms with Gasteiger partial charge in [-0.15, -0.1) is 0 Å². The first-order valence-corrected chi connectivity index (χ1v) is 8.63. The number of anilines is 1. The maximum absolute atomic E-state index is 12.3. The van der Waals surface area contributed by atoms with E-state index in [4.69, 9.17) is 5.11 Å². The lowest BCUT2D eigenvalue weighted by molar-refractivity contribution is 0.239. The molecule has 0 radical (unpaired) electrons. The Kier molecular flexibility index (Phi) is 5.75. The fourth-order valence-corrected chi connectivity index (χ4v) is 3.04. The topological polar surface area (TPSA) is 109 Å². The van der Waals surface area contributed by atoms with E-state index in [1.165, 1.54) is 11.1 Å². The molecule has 0 saturated heterocycles. The summed E-state index contributed by atoms with van der Waals surface area (Å²) in [4.78, 5) is 12.3. The zero-order valence-electron chi connectivity index (χ0n) is 14.4. The summed E-state index contributed by atoms with van der Waals surface area (Å²) in [5.41, 5.74) is 3.35. The largest absolute Gasteiger partial charge is 0.395 e. The van der Waals surface area contributed by atoms with Crippen LogP contribution in [0.2, 0.25) is 0 Å². The van der Waals surface area contributed by atoms with Crippen molar-refractivity contribution in [1.29, 1.82) is 0 Å². The molecule has 3 rings (SSSR count). The van der Waals surface area contributed by atoms with Crippen molar-refractivity contribution in [2.24, 2.45) is 0 Å². The number of fused-ring (bicyclic) bond motifs is 1. The van der Waals surface area contributed by atoms with Crippen LogP contribution in [-0.4, -0.2) is 43.2 Å². The van der Waals surface area contributed by atoms with E-state index in [-0.39, 0.29) is 18.7 Å². The minimum absolute atomic E-state index is 0.0489. The van der Waals surface area contributed by atoms with Crippen LogP contribution in [0.5, 0.6) is 0 Å². The number of carbonyl (C=O) groups excluding carboxylic acids is 1. The van der Waals surface area contributed by atoms with Gasteiger partial charge in [-0.2, -0.15) is 0 Å². The molecule has 8 nitrogen and oxygen atoms in total. The number of hydrogen-bond donors (Lipinski definition) is 7. The number of nitrogens with one attached hydrogen (secondary N) is 6. The van der Waals surface area contributed by atoms with Gasteiger partial charge in [-0.1, -0.05) is 6.07 Å². The Hall–Kier alpha value is -2.29. The van der Waals surface area contributed by atoms with Crippen LogP contribution in [0, 0.1) is 0 Å². The van der Waals surface area contributed by atoms with E-state index in [0.29, 0.717) is 6.54 Å². The van der Waals surface area contributed by atoms with Gasteiger partial charge in [0.25, 0.3) is 0 Å². The van der Waals surface area contributed by atoms with Crippen LogP contribution in [0.3, 0.4) is 0 Å². The molecular weight excluding hydrogens is 320 g/mol. The fourth-order valence-electron chi connectivity index (χ4n) is 3.04. The van der Waals surface area contributed by atoms with Crippen LogP contribution < -0.4 is 31.9 Å². The summed E-state index contributed by atoms with van der Waals surface area (Å²) in [5.74, 6) is 0.784. The van der Waals surface area contributed by atoms with Gasteiger partial charge in [-0.3, -0.25) is 5.32 Å². The zero-order chi connectivity index (χ0) is 17.6. The molecule has 2 aliphatic rings. The van der Waals surface area contributed by atoms with E-state index in [9.17, 15) is 4.79 Å². The predicted octanol–water partition coefficient (Wildman–Crippen LogP) is -0.258. The van der Waals surface area contributed by atoms with Crippen LogP contribution in [0.15, 0.2) is 30.1 Å². The Morgan fingerprint density at radius 2 is 2.24 bits per heavy atom. The second-order valence-corrected chi connectivity index (χ2v) is 6.27. The molecule has 7 N–H and O–H groups in total. The highest BCUT2D eigenvalue weighted by molar-refractivity contribution is 5.89. The molecule has 0 aromatic heterocycles. The Labute approximate surface area is 147 Å². The number of aliphatic hydroxyl groups excluding tert-OH is 1. The highest BCUT2D eigenvalue weighted by atomic mass is 16.3. The molecule has 2 unspecified atom stereocenters. The molecule has 8 heteroatoms. The molecule has 0 saturated carbocycles. The minimum Gasteiger partial charge on any atom is -0.395 e. The first kappa shape index (κ1) is 17.5. The third-order valence-electron chi connectivity index (χ3n) is 4.20. The van der Waals surface area contributed by atoms with Crippen molar-refractivity contribution in [3.63, 3.8) is 0 Å². The maximum Gasteiger partial charge on any atom is 0.321 e. The van der Waals surface area contributed by atoms with Crippen molar-refractivity contribution in [1.82, 2.24) is 26.6 Å². The number of urea groups is 1. The SMILES string of the molecule is CC1C=C(NCCO)NC(NC(=O)Nc2ccc3c(c2)CCNC3)N1. The van der Waals surface area contributed by atoms with Gasteiger partial charge in [0.05, 0.1) is 12.4 Å². The highest BCUT2D eigenvalue weighted by Crippen LogP contribution is 2.18. The summed E-state index contributed by atoms with van der Waals surface area (Å²) in [6.45, 7) is 4.34. The summed E-state index contributed by atoms with van der Waals surface area (Å²) in [6.07, 6.45) is 2.53. The Morgan fingerprint density at radius 1 is 1.36 bits per heavy atom. The molecule has 1 aromatic carbocycles. The molecular formula is C17H26N6O2. The Morgan fingerprint density at radius 3 is 3.08 bits per heavy atom. The van der Waals surface area contributed by atoms with Gasteiger partial charge in [0.1, 0.15) is 0 Å². The van der Waals surface area contributed by atoms with Crippen molar-refractivity contribution < 1.29 is 9.90 Å². The van der Waals surface area contributed by atoms with Crippen LogP contribution >= 0.6 is 0 Å². The molecule has 2 aliphatic heterocycles. The lowest BCUT2D eigenvalue weighted by atomic mass is 10.0. The zero-order valence-corrected chi connectivity index (χ0v) is 14.4. The molecule has 25 heavy (non-hydrogen) atoms. The van der Waals surface area contributed by atoms with Gasteiger partial charge >= 0.3 is 6.03 Å². The van der Waals surface area contributed by atoms with E-state index in [2.05, 4.69) is 38.0 Å². The van der Waals surface area contributed by atoms with Crippen molar-refractivity contribution in [3.05, 3.63) is 41.2 Å². The van der Waals surface area contributed by atoms with E-state index in [0.717, 1.165) is 31.0 Å². The second kappa shape index (κ2) is 8.19. The maximum atomic E-state index is 12.3. The standard InChI is InChI=1S/C17H26N6O2/c1-11-8-15(19-6-7-24)22-16(20-11)23-17(25)21-14-3-2-13-10-18-5-4-12(13)9-14/h2-3,8-9,11,16,18-20,22,24H,4-7,10H2,1H3,(H2,21,23,25). The van der Waals surface area contributed by atoms with Gasteiger partial charge in [0.15, 0.2) is 6.29 Å². The lowest BCUT2D eigenvalue weighted by Gasteiger charge is -2.31. The third-order valence-corrected chi connectivity index (χ3v) is 4.20. The smallest absolute Gasteiger partial charge is 0.321 e. The van der Waals surface area contributed by atoms with Crippen LogP contribution in [-0.2, 0) is 13.0 Å². The lowest BCUT2D eigenvalue weighted by Crippen LogP contribution is -2.61. The molecule has 1 aromatic rings. The van der Waals surface area contributed by atoms with Gasteiger partial charge in [0, 0.05) is 24.8 Å². The number of hydrogen-bond acceptors (Lipinski definition) is 6. The molecule has 0 spiro atoms. The van der Waals surface area contributed by atoms with E-state index in [1.54, 1.807) is 0 Å². The minimum atomic E-state index is -0.400. The quantitative estimate of drug-likeness (QED) is 0.396. The molecule has 0 bridgehead atoms. The van der Waals surface area contributed by atoms with Crippen LogP contribution in [0.25, 0.3) is 0 Å². The van der Waals surface area contributed by atoms with E-state index >= 15 is 0 Å². The Bertz CT molecular complexity index is 648. The van der Waals surface area contributed by atoms with Gasteiger partial charge < -0.3 is 31.7 Å². The number of amides is 2. The van der Waals surface area contributed by atoms with Gasteiger partial charge in [-0.25, -0.2) is 4.79 Å². The number of rotatable bonds is 5. The first-order chi connectivity index (χ1) is 12.1.